The van der Waals surface area contributed by atoms with Gasteiger partial charge in [-0.1, -0.05) is 45.0 Å². The van der Waals surface area contributed by atoms with Crippen LogP contribution in [0.1, 0.15) is 53.0 Å². The van der Waals surface area contributed by atoms with Gasteiger partial charge in [-0.25, -0.2) is 0 Å². The Labute approximate surface area is 127 Å². The molecule has 4 heteroatoms. The molecule has 0 aliphatic carbocycles. The zero-order valence-corrected chi connectivity index (χ0v) is 13.6. The number of hydrogen-bond acceptors (Lipinski definition) is 3. The van der Waals surface area contributed by atoms with Crippen molar-refractivity contribution < 1.29 is 10.0 Å². The highest BCUT2D eigenvalue weighted by molar-refractivity contribution is 5.99. The number of amides is 1. The molecule has 1 unspecified atom stereocenters. The van der Waals surface area contributed by atoms with E-state index in [0.29, 0.717) is 18.1 Å². The first-order chi connectivity index (χ1) is 9.71. The maximum atomic E-state index is 12.0. The van der Waals surface area contributed by atoms with Gasteiger partial charge >= 0.3 is 0 Å². The number of oxime groups is 1. The van der Waals surface area contributed by atoms with E-state index in [1.54, 1.807) is 6.92 Å². The highest BCUT2D eigenvalue weighted by atomic mass is 16.4. The van der Waals surface area contributed by atoms with Gasteiger partial charge in [-0.15, -0.1) is 0 Å². The summed E-state index contributed by atoms with van der Waals surface area (Å²) in [6.45, 7) is 10.4. The van der Waals surface area contributed by atoms with Crippen LogP contribution in [-0.4, -0.2) is 16.8 Å². The van der Waals surface area contributed by atoms with E-state index in [0.717, 1.165) is 17.7 Å². The number of nitrogens with one attached hydrogen (secondary N) is 1. The van der Waals surface area contributed by atoms with Gasteiger partial charge < -0.3 is 10.5 Å². The molecule has 0 aliphatic heterocycles. The van der Waals surface area contributed by atoms with Crippen molar-refractivity contribution in [3.8, 4) is 0 Å². The molecule has 21 heavy (non-hydrogen) atoms. The van der Waals surface area contributed by atoms with Crippen molar-refractivity contribution in [2.75, 3.05) is 5.32 Å². The molecule has 0 aliphatic rings. The number of benzene rings is 1. The molecule has 1 aromatic rings. The number of nitrogens with zero attached hydrogens (tertiary/aromatic N) is 1. The molecule has 0 bridgehead atoms. The third-order valence-electron chi connectivity index (χ3n) is 3.23. The first-order valence-electron chi connectivity index (χ1n) is 7.30. The lowest BCUT2D eigenvalue weighted by Crippen LogP contribution is -2.18. The summed E-state index contributed by atoms with van der Waals surface area (Å²) in [7, 11) is 0. The number of hydrogen-bond donors (Lipinski definition) is 2. The quantitative estimate of drug-likeness (QED) is 0.483. The summed E-state index contributed by atoms with van der Waals surface area (Å²) in [6.07, 6.45) is 1.54. The van der Waals surface area contributed by atoms with E-state index in [4.69, 9.17) is 5.21 Å². The van der Waals surface area contributed by atoms with Crippen LogP contribution in [0, 0.1) is 11.3 Å². The molecule has 0 radical (unpaired) electrons. The van der Waals surface area contributed by atoms with Crippen molar-refractivity contribution >= 4 is 17.3 Å². The predicted molar refractivity (Wildman–Crippen MR) is 86.9 cm³/mol. The second-order valence-corrected chi connectivity index (χ2v) is 6.89. The smallest absolute Gasteiger partial charge is 0.224 e. The molecule has 0 saturated heterocycles. The summed E-state index contributed by atoms with van der Waals surface area (Å²) in [5.74, 6) is 0.389. The standard InChI is InChI=1S/C17H26N2O2/c1-12(11-17(3,4)5)10-16(20)18-15-8-6-14(7-9-15)13(2)19-21/h6-9,12,21H,10-11H2,1-5H3,(H,18,20)/b19-13+. The Kier molecular flexibility index (Phi) is 5.94. The first-order valence-corrected chi connectivity index (χ1v) is 7.30. The van der Waals surface area contributed by atoms with E-state index < -0.39 is 0 Å². The molecule has 4 nitrogen and oxygen atoms in total. The monoisotopic (exact) mass is 290 g/mol. The van der Waals surface area contributed by atoms with Crippen LogP contribution in [-0.2, 0) is 4.79 Å². The molecule has 0 spiro atoms. The largest absolute Gasteiger partial charge is 0.411 e. The Morgan fingerprint density at radius 2 is 1.86 bits per heavy atom. The zero-order valence-electron chi connectivity index (χ0n) is 13.6. The van der Waals surface area contributed by atoms with Crippen LogP contribution < -0.4 is 5.32 Å². The van der Waals surface area contributed by atoms with Crippen molar-refractivity contribution in [3.63, 3.8) is 0 Å². The van der Waals surface area contributed by atoms with Crippen LogP contribution in [0.2, 0.25) is 0 Å². The maximum absolute atomic E-state index is 12.0. The van der Waals surface area contributed by atoms with Crippen LogP contribution in [0.25, 0.3) is 0 Å². The van der Waals surface area contributed by atoms with Crippen molar-refractivity contribution in [1.29, 1.82) is 0 Å². The fourth-order valence-electron chi connectivity index (χ4n) is 2.50. The number of carbonyl (C=O) groups excluding carboxylic acids is 1. The molecular formula is C17H26N2O2. The van der Waals surface area contributed by atoms with Crippen LogP contribution >= 0.6 is 0 Å². The highest BCUT2D eigenvalue weighted by Gasteiger charge is 2.17. The van der Waals surface area contributed by atoms with Gasteiger partial charge in [0.15, 0.2) is 0 Å². The lowest BCUT2D eigenvalue weighted by Gasteiger charge is -2.22. The van der Waals surface area contributed by atoms with Crippen LogP contribution in [0.4, 0.5) is 5.69 Å². The molecule has 0 saturated carbocycles. The second kappa shape index (κ2) is 7.25. The van der Waals surface area contributed by atoms with Crippen LogP contribution in [0.3, 0.4) is 0 Å². The molecule has 0 aromatic heterocycles. The summed E-state index contributed by atoms with van der Waals surface area (Å²) >= 11 is 0. The minimum atomic E-state index is 0.0343. The van der Waals surface area contributed by atoms with Gasteiger partial charge in [-0.3, -0.25) is 4.79 Å². The molecule has 1 amide bonds. The van der Waals surface area contributed by atoms with E-state index >= 15 is 0 Å². The van der Waals surface area contributed by atoms with E-state index in [9.17, 15) is 4.79 Å². The van der Waals surface area contributed by atoms with Gasteiger partial charge in [0.2, 0.25) is 5.91 Å². The van der Waals surface area contributed by atoms with E-state index in [2.05, 4.69) is 38.2 Å². The SMILES string of the molecule is C/C(=N\O)c1ccc(NC(=O)CC(C)CC(C)(C)C)cc1. The van der Waals surface area contributed by atoms with Gasteiger partial charge in [0, 0.05) is 12.1 Å². The highest BCUT2D eigenvalue weighted by Crippen LogP contribution is 2.26. The second-order valence-electron chi connectivity index (χ2n) is 6.89. The maximum Gasteiger partial charge on any atom is 0.224 e. The number of rotatable bonds is 5. The normalized spacial score (nSPS) is 13.9. The van der Waals surface area contributed by atoms with Crippen molar-refractivity contribution in [2.24, 2.45) is 16.5 Å². The minimum Gasteiger partial charge on any atom is -0.411 e. The molecular weight excluding hydrogens is 264 g/mol. The molecule has 0 heterocycles. The Morgan fingerprint density at radius 1 is 1.29 bits per heavy atom. The fraction of sp³-hybridized carbons (Fsp3) is 0.529. The van der Waals surface area contributed by atoms with Crippen molar-refractivity contribution in [2.45, 2.75) is 47.5 Å². The molecule has 1 atom stereocenters. The molecule has 1 rings (SSSR count). The lowest BCUT2D eigenvalue weighted by atomic mass is 9.84. The predicted octanol–water partition coefficient (Wildman–Crippen LogP) is 4.29. The topological polar surface area (TPSA) is 61.7 Å². The third-order valence-corrected chi connectivity index (χ3v) is 3.23. The average Bonchev–Trinajstić information content (AvgIpc) is 2.36. The Balaban J connectivity index is 2.55. The molecule has 0 fully saturated rings. The summed E-state index contributed by atoms with van der Waals surface area (Å²) in [5, 5.41) is 14.8. The van der Waals surface area contributed by atoms with Gasteiger partial charge in [-0.2, -0.15) is 0 Å². The molecule has 1 aromatic carbocycles. The van der Waals surface area contributed by atoms with Gasteiger partial charge in [0.1, 0.15) is 0 Å². The molecule has 116 valence electrons. The Morgan fingerprint density at radius 3 is 2.33 bits per heavy atom. The zero-order chi connectivity index (χ0) is 16.0. The van der Waals surface area contributed by atoms with Crippen LogP contribution in [0.5, 0.6) is 0 Å². The fourth-order valence-corrected chi connectivity index (χ4v) is 2.50. The van der Waals surface area contributed by atoms with Crippen LogP contribution in [0.15, 0.2) is 29.4 Å². The summed E-state index contributed by atoms with van der Waals surface area (Å²) in [6, 6.07) is 7.28. The lowest BCUT2D eigenvalue weighted by molar-refractivity contribution is -0.117. The average molecular weight is 290 g/mol. The third kappa shape index (κ3) is 6.43. The number of anilines is 1. The summed E-state index contributed by atoms with van der Waals surface area (Å²) in [5.41, 5.74) is 2.38. The van der Waals surface area contributed by atoms with Gasteiger partial charge in [0.05, 0.1) is 5.71 Å². The first kappa shape index (κ1) is 17.2. The minimum absolute atomic E-state index is 0.0343. The van der Waals surface area contributed by atoms with Crippen molar-refractivity contribution in [1.82, 2.24) is 0 Å². The van der Waals surface area contributed by atoms with Gasteiger partial charge in [-0.05, 0) is 42.4 Å². The van der Waals surface area contributed by atoms with Gasteiger partial charge in [0.25, 0.3) is 0 Å². The number of carbonyl (C=O) groups is 1. The molecule has 2 N–H and O–H groups in total. The Hall–Kier alpha value is -1.84. The van der Waals surface area contributed by atoms with E-state index in [1.165, 1.54) is 0 Å². The summed E-state index contributed by atoms with van der Waals surface area (Å²) in [4.78, 5) is 12.0. The van der Waals surface area contributed by atoms with Crippen molar-refractivity contribution in [3.05, 3.63) is 29.8 Å². The van der Waals surface area contributed by atoms with E-state index in [1.807, 2.05) is 24.3 Å². The van der Waals surface area contributed by atoms with E-state index in [-0.39, 0.29) is 11.3 Å². The summed E-state index contributed by atoms with van der Waals surface area (Å²) < 4.78 is 0. The Bertz CT molecular complexity index is 499.